The van der Waals surface area contributed by atoms with Gasteiger partial charge in [-0.2, -0.15) is 13.2 Å². The molecule has 1 fully saturated rings. The lowest BCUT2D eigenvalue weighted by Gasteiger charge is -2.18. The van der Waals surface area contributed by atoms with E-state index in [0.29, 0.717) is 31.1 Å². The predicted molar refractivity (Wildman–Crippen MR) is 140 cm³/mol. The molecule has 1 aliphatic rings. The molecule has 196 valence electrons. The fraction of sp³-hybridized carbons (Fsp3) is 0.379. The summed E-state index contributed by atoms with van der Waals surface area (Å²) in [5, 5.41) is 3.50. The molecule has 2 aromatic carbocycles. The second-order valence-electron chi connectivity index (χ2n) is 9.41. The molecule has 4 rings (SSSR count). The number of ether oxygens (including phenoxy) is 2. The van der Waals surface area contributed by atoms with Crippen molar-refractivity contribution in [3.63, 3.8) is 0 Å². The number of aryl methyl sites for hydroxylation is 1. The topological polar surface area (TPSA) is 55.7 Å². The smallest absolute Gasteiger partial charge is 0.416 e. The van der Waals surface area contributed by atoms with Crippen LogP contribution in [0, 0.1) is 12.8 Å². The van der Waals surface area contributed by atoms with Crippen LogP contribution in [0.15, 0.2) is 65.9 Å². The van der Waals surface area contributed by atoms with Crippen molar-refractivity contribution < 1.29 is 22.6 Å². The average molecular weight is 512 g/mol. The highest BCUT2D eigenvalue weighted by molar-refractivity contribution is 5.69. The lowest BCUT2D eigenvalue weighted by Crippen LogP contribution is -2.16. The van der Waals surface area contributed by atoms with Crippen LogP contribution in [-0.2, 0) is 17.3 Å². The van der Waals surface area contributed by atoms with E-state index >= 15 is 0 Å². The molecule has 0 bridgehead atoms. The van der Waals surface area contributed by atoms with Gasteiger partial charge >= 0.3 is 6.18 Å². The Labute approximate surface area is 215 Å². The summed E-state index contributed by atoms with van der Waals surface area (Å²) in [6.07, 6.45) is 2.47. The molecule has 2 heterocycles. The molecular weight excluding hydrogens is 479 g/mol. The number of anilines is 1. The Balaban J connectivity index is 1.43. The van der Waals surface area contributed by atoms with Crippen molar-refractivity contribution in [3.05, 3.63) is 88.7 Å². The van der Waals surface area contributed by atoms with E-state index in [9.17, 15) is 13.2 Å². The fourth-order valence-corrected chi connectivity index (χ4v) is 4.37. The van der Waals surface area contributed by atoms with E-state index in [0.717, 1.165) is 53.8 Å². The van der Waals surface area contributed by atoms with Crippen LogP contribution in [0.4, 0.5) is 18.9 Å². The quantitative estimate of drug-likeness (QED) is 0.324. The predicted octanol–water partition coefficient (Wildman–Crippen LogP) is 6.31. The van der Waals surface area contributed by atoms with Crippen LogP contribution < -0.4 is 10.1 Å². The molecule has 1 saturated heterocycles. The van der Waals surface area contributed by atoms with Gasteiger partial charge in [-0.25, -0.2) is 0 Å². The Morgan fingerprint density at radius 2 is 2.00 bits per heavy atom. The third-order valence-electron chi connectivity index (χ3n) is 6.48. The minimum atomic E-state index is -4.35. The van der Waals surface area contributed by atoms with Crippen molar-refractivity contribution >= 4 is 11.9 Å². The highest BCUT2D eigenvalue weighted by atomic mass is 19.4. The summed E-state index contributed by atoms with van der Waals surface area (Å²) in [5.41, 5.74) is 3.88. The minimum Gasteiger partial charge on any atom is -0.492 e. The van der Waals surface area contributed by atoms with Crippen LogP contribution >= 0.6 is 0 Å². The van der Waals surface area contributed by atoms with Crippen LogP contribution in [0.3, 0.4) is 0 Å². The van der Waals surface area contributed by atoms with Crippen LogP contribution in [0.1, 0.15) is 40.2 Å². The number of aliphatic imine (C=N–C) groups is 1. The first kappa shape index (κ1) is 26.7. The Hall–Kier alpha value is -3.39. The molecule has 1 aromatic heterocycles. The zero-order valence-electron chi connectivity index (χ0n) is 21.1. The van der Waals surface area contributed by atoms with Crippen molar-refractivity contribution in [1.29, 1.82) is 0 Å². The largest absolute Gasteiger partial charge is 0.492 e. The van der Waals surface area contributed by atoms with E-state index < -0.39 is 11.7 Å². The molecule has 1 N–H and O–H groups in total. The van der Waals surface area contributed by atoms with Crippen molar-refractivity contribution in [2.75, 3.05) is 38.7 Å². The summed E-state index contributed by atoms with van der Waals surface area (Å²) < 4.78 is 50.7. The van der Waals surface area contributed by atoms with Gasteiger partial charge in [0, 0.05) is 50.1 Å². The maximum absolute atomic E-state index is 13.1. The summed E-state index contributed by atoms with van der Waals surface area (Å²) in [6, 6.07) is 13.4. The number of pyridine rings is 1. The zero-order chi connectivity index (χ0) is 26.3. The molecule has 0 amide bonds. The minimum absolute atomic E-state index is 0.0395. The highest BCUT2D eigenvalue weighted by Gasteiger charge is 2.30. The van der Waals surface area contributed by atoms with Crippen LogP contribution in [0.25, 0.3) is 0 Å². The normalized spacial score (nSPS) is 16.7. The molecule has 0 spiro atoms. The summed E-state index contributed by atoms with van der Waals surface area (Å²) in [4.78, 5) is 8.61. The Morgan fingerprint density at radius 3 is 2.76 bits per heavy atom. The van der Waals surface area contributed by atoms with E-state index in [1.54, 1.807) is 19.3 Å². The molecule has 2 unspecified atom stereocenters. The molecule has 8 heteroatoms. The van der Waals surface area contributed by atoms with Gasteiger partial charge in [-0.15, -0.1) is 0 Å². The first-order valence-corrected chi connectivity index (χ1v) is 12.4. The van der Waals surface area contributed by atoms with Gasteiger partial charge < -0.3 is 19.8 Å². The van der Waals surface area contributed by atoms with Gasteiger partial charge in [0.1, 0.15) is 5.75 Å². The molecule has 3 aromatic rings. The van der Waals surface area contributed by atoms with Crippen LogP contribution in [0.5, 0.6) is 5.75 Å². The summed E-state index contributed by atoms with van der Waals surface area (Å²) in [6.45, 7) is 4.70. The Bertz CT molecular complexity index is 1210. The van der Waals surface area contributed by atoms with Crippen molar-refractivity contribution in [2.45, 2.75) is 31.9 Å². The maximum Gasteiger partial charge on any atom is 0.416 e. The second-order valence-corrected chi connectivity index (χ2v) is 9.41. The number of aromatic nitrogens is 1. The number of hydrogen-bond donors (Lipinski definition) is 1. The van der Waals surface area contributed by atoms with Crippen LogP contribution in [-0.4, -0.2) is 44.6 Å². The van der Waals surface area contributed by atoms with E-state index in [4.69, 9.17) is 9.47 Å². The van der Waals surface area contributed by atoms with Gasteiger partial charge in [-0.1, -0.05) is 30.3 Å². The number of benzene rings is 2. The first-order chi connectivity index (χ1) is 17.8. The number of rotatable bonds is 10. The molecular formula is C29H32F3N3O2. The second kappa shape index (κ2) is 12.2. The van der Waals surface area contributed by atoms with E-state index in [-0.39, 0.29) is 5.92 Å². The number of alkyl halides is 3. The molecule has 0 radical (unpaired) electrons. The van der Waals surface area contributed by atoms with Gasteiger partial charge in [-0.3, -0.25) is 4.98 Å². The van der Waals surface area contributed by atoms with E-state index in [1.807, 2.05) is 43.6 Å². The average Bonchev–Trinajstić information content (AvgIpc) is 3.41. The SMILES string of the molecule is CN=CC(CNc1cc(Cc2cccc(C(F)(F)F)c2)ccc1C)c1cncc(OCC2CCOC2)c1. The first-order valence-electron chi connectivity index (χ1n) is 12.4. The molecule has 37 heavy (non-hydrogen) atoms. The third-order valence-corrected chi connectivity index (χ3v) is 6.48. The summed E-state index contributed by atoms with van der Waals surface area (Å²) >= 11 is 0. The molecule has 1 aliphatic heterocycles. The van der Waals surface area contributed by atoms with Crippen LogP contribution in [0.2, 0.25) is 0 Å². The number of hydrogen-bond acceptors (Lipinski definition) is 5. The molecule has 2 atom stereocenters. The van der Waals surface area contributed by atoms with Crippen molar-refractivity contribution in [3.8, 4) is 5.75 Å². The standard InChI is InChI=1S/C29H32F3N3O2/c1-20-6-7-22(10-21-4-3-5-26(11-21)29(30,31)32)12-28(20)35-16-25(14-33-2)24-13-27(17-34-15-24)37-19-23-8-9-36-18-23/h3-7,11-15,17,23,25,35H,8-10,16,18-19H2,1-2H3. The van der Waals surface area contributed by atoms with Gasteiger partial charge in [0.25, 0.3) is 0 Å². The van der Waals surface area contributed by atoms with Gasteiger partial charge in [0.15, 0.2) is 0 Å². The highest BCUT2D eigenvalue weighted by Crippen LogP contribution is 2.30. The molecule has 0 aliphatic carbocycles. The van der Waals surface area contributed by atoms with E-state index in [2.05, 4.69) is 15.3 Å². The molecule has 5 nitrogen and oxygen atoms in total. The lowest BCUT2D eigenvalue weighted by molar-refractivity contribution is -0.137. The summed E-state index contributed by atoms with van der Waals surface area (Å²) in [5.74, 6) is 1.09. The van der Waals surface area contributed by atoms with Gasteiger partial charge in [-0.05, 0) is 60.2 Å². The summed E-state index contributed by atoms with van der Waals surface area (Å²) in [7, 11) is 1.74. The van der Waals surface area contributed by atoms with Gasteiger partial charge in [0.2, 0.25) is 0 Å². The monoisotopic (exact) mass is 511 g/mol. The number of halogens is 3. The third kappa shape index (κ3) is 7.55. The van der Waals surface area contributed by atoms with Crippen molar-refractivity contribution in [1.82, 2.24) is 4.98 Å². The lowest BCUT2D eigenvalue weighted by atomic mass is 9.99. The Kier molecular flexibility index (Phi) is 8.82. The molecule has 0 saturated carbocycles. The number of nitrogens with zero attached hydrogens (tertiary/aromatic N) is 2. The fourth-order valence-electron chi connectivity index (χ4n) is 4.37. The van der Waals surface area contributed by atoms with Crippen molar-refractivity contribution in [2.24, 2.45) is 10.9 Å². The maximum atomic E-state index is 13.1. The van der Waals surface area contributed by atoms with Gasteiger partial charge in [0.05, 0.1) is 25.0 Å². The van der Waals surface area contributed by atoms with E-state index in [1.165, 1.54) is 12.1 Å². The zero-order valence-corrected chi connectivity index (χ0v) is 21.1. The Morgan fingerprint density at radius 1 is 1.16 bits per heavy atom. The number of nitrogens with one attached hydrogen (secondary N) is 1.